The minimum atomic E-state index is -0.225. The van der Waals surface area contributed by atoms with Crippen molar-refractivity contribution >= 4 is 29.2 Å². The van der Waals surface area contributed by atoms with Gasteiger partial charge in [0.2, 0.25) is 0 Å². The fourth-order valence-corrected chi connectivity index (χ4v) is 2.91. The Morgan fingerprint density at radius 1 is 1.30 bits per heavy atom. The van der Waals surface area contributed by atoms with Crippen LogP contribution in [0.3, 0.4) is 0 Å². The lowest BCUT2D eigenvalue weighted by atomic mass is 10.1. The molecule has 23 heavy (non-hydrogen) atoms. The molecule has 2 rings (SSSR count). The predicted molar refractivity (Wildman–Crippen MR) is 93.1 cm³/mol. The minimum Gasteiger partial charge on any atom is -0.339 e. The second kappa shape index (κ2) is 7.68. The van der Waals surface area contributed by atoms with Gasteiger partial charge in [-0.2, -0.15) is 0 Å². The Morgan fingerprint density at radius 3 is 2.57 bits per heavy atom. The number of carbonyl (C=O) groups excluding carboxylic acids is 2. The lowest BCUT2D eigenvalue weighted by Crippen LogP contribution is -2.35. The molecular weight excluding hydrogens is 314 g/mol. The Morgan fingerprint density at radius 2 is 1.96 bits per heavy atom. The fraction of sp³-hybridized carbons (Fsp3) is 0.529. The van der Waals surface area contributed by atoms with Crippen LogP contribution in [0.2, 0.25) is 5.02 Å². The van der Waals surface area contributed by atoms with Gasteiger partial charge in [0, 0.05) is 31.7 Å². The lowest BCUT2D eigenvalue weighted by molar-refractivity contribution is 0.0794. The van der Waals surface area contributed by atoms with Crippen molar-refractivity contribution < 1.29 is 9.59 Å². The third-order valence-corrected chi connectivity index (χ3v) is 4.07. The van der Waals surface area contributed by atoms with E-state index in [1.165, 1.54) is 0 Å². The summed E-state index contributed by atoms with van der Waals surface area (Å²) in [5.41, 5.74) is 0.956. The second-order valence-corrected chi connectivity index (χ2v) is 6.83. The number of benzene rings is 1. The van der Waals surface area contributed by atoms with Crippen molar-refractivity contribution in [1.29, 1.82) is 0 Å². The number of nitrogens with zero attached hydrogens (tertiary/aromatic N) is 2. The molecule has 1 aliphatic heterocycles. The van der Waals surface area contributed by atoms with Gasteiger partial charge in [0.15, 0.2) is 0 Å². The number of likely N-dealkylation sites (tertiary alicyclic amines) is 1. The van der Waals surface area contributed by atoms with Crippen LogP contribution in [0.1, 0.15) is 37.0 Å². The molecule has 1 fully saturated rings. The Hall–Kier alpha value is -1.75. The normalized spacial score (nSPS) is 14.2. The second-order valence-electron chi connectivity index (χ2n) is 6.39. The summed E-state index contributed by atoms with van der Waals surface area (Å²) in [4.78, 5) is 28.4. The highest BCUT2D eigenvalue weighted by Crippen LogP contribution is 2.24. The molecule has 0 spiro atoms. The van der Waals surface area contributed by atoms with Crippen LogP contribution in [0.5, 0.6) is 0 Å². The zero-order valence-electron chi connectivity index (χ0n) is 13.9. The van der Waals surface area contributed by atoms with Gasteiger partial charge < -0.3 is 15.1 Å². The maximum atomic E-state index is 12.7. The average molecular weight is 338 g/mol. The van der Waals surface area contributed by atoms with Crippen LogP contribution in [0, 0.1) is 5.92 Å². The summed E-state index contributed by atoms with van der Waals surface area (Å²) in [6, 6.07) is 4.77. The third kappa shape index (κ3) is 4.61. The van der Waals surface area contributed by atoms with E-state index in [0.29, 0.717) is 28.7 Å². The first-order valence-electron chi connectivity index (χ1n) is 7.99. The van der Waals surface area contributed by atoms with Gasteiger partial charge in [0.05, 0.1) is 11.3 Å². The van der Waals surface area contributed by atoms with Crippen molar-refractivity contribution in [3.8, 4) is 0 Å². The van der Waals surface area contributed by atoms with Crippen LogP contribution in [-0.4, -0.2) is 48.4 Å². The Labute approximate surface area is 142 Å². The van der Waals surface area contributed by atoms with E-state index in [1.54, 1.807) is 35.0 Å². The molecular formula is C17H24ClN3O2. The van der Waals surface area contributed by atoms with Gasteiger partial charge in [-0.3, -0.25) is 4.79 Å². The van der Waals surface area contributed by atoms with Gasteiger partial charge in [0.1, 0.15) is 0 Å². The standard InChI is InChI=1S/C17H24ClN3O2/c1-12(2)11-20(3)17(23)19-15-7-6-13(18)10-14(15)16(22)21-8-4-5-9-21/h6-7,10,12H,4-5,8-9,11H2,1-3H3,(H,19,23). The molecule has 0 atom stereocenters. The maximum absolute atomic E-state index is 12.7. The van der Waals surface area contributed by atoms with Gasteiger partial charge in [-0.1, -0.05) is 25.4 Å². The average Bonchev–Trinajstić information content (AvgIpc) is 3.01. The van der Waals surface area contributed by atoms with E-state index in [4.69, 9.17) is 11.6 Å². The van der Waals surface area contributed by atoms with Crippen molar-refractivity contribution in [2.24, 2.45) is 5.92 Å². The summed E-state index contributed by atoms with van der Waals surface area (Å²) >= 11 is 6.04. The molecule has 126 valence electrons. The van der Waals surface area contributed by atoms with E-state index >= 15 is 0 Å². The Kier molecular flexibility index (Phi) is 5.88. The van der Waals surface area contributed by atoms with Crippen LogP contribution in [0.4, 0.5) is 10.5 Å². The zero-order valence-corrected chi connectivity index (χ0v) is 14.7. The zero-order chi connectivity index (χ0) is 17.0. The molecule has 1 heterocycles. The molecule has 1 saturated heterocycles. The largest absolute Gasteiger partial charge is 0.339 e. The first kappa shape index (κ1) is 17.6. The molecule has 6 heteroatoms. The molecule has 0 aromatic heterocycles. The first-order chi connectivity index (χ1) is 10.9. The van der Waals surface area contributed by atoms with Crippen LogP contribution >= 0.6 is 11.6 Å². The molecule has 1 aromatic carbocycles. The monoisotopic (exact) mass is 337 g/mol. The van der Waals surface area contributed by atoms with Crippen LogP contribution in [-0.2, 0) is 0 Å². The minimum absolute atomic E-state index is 0.0770. The number of anilines is 1. The van der Waals surface area contributed by atoms with Crippen molar-refractivity contribution in [3.05, 3.63) is 28.8 Å². The first-order valence-corrected chi connectivity index (χ1v) is 8.37. The predicted octanol–water partition coefficient (Wildman–Crippen LogP) is 3.70. The number of carbonyl (C=O) groups is 2. The van der Waals surface area contributed by atoms with Crippen LogP contribution in [0.25, 0.3) is 0 Å². The van der Waals surface area contributed by atoms with Gasteiger partial charge in [-0.05, 0) is 37.0 Å². The third-order valence-electron chi connectivity index (χ3n) is 3.83. The summed E-state index contributed by atoms with van der Waals surface area (Å²) in [5.74, 6) is 0.300. The van der Waals surface area contributed by atoms with E-state index in [0.717, 1.165) is 25.9 Å². The SMILES string of the molecule is CC(C)CN(C)C(=O)Nc1ccc(Cl)cc1C(=O)N1CCCC1. The van der Waals surface area contributed by atoms with Crippen molar-refractivity contribution in [3.63, 3.8) is 0 Å². The van der Waals surface area contributed by atoms with Crippen LogP contribution in [0.15, 0.2) is 18.2 Å². The number of amides is 3. The Bertz CT molecular complexity index is 583. The van der Waals surface area contributed by atoms with Gasteiger partial charge >= 0.3 is 6.03 Å². The number of urea groups is 1. The fourth-order valence-electron chi connectivity index (χ4n) is 2.73. The molecule has 0 saturated carbocycles. The van der Waals surface area contributed by atoms with Crippen molar-refractivity contribution in [1.82, 2.24) is 9.80 Å². The highest BCUT2D eigenvalue weighted by molar-refractivity contribution is 6.31. The van der Waals surface area contributed by atoms with Gasteiger partial charge in [-0.15, -0.1) is 0 Å². The van der Waals surface area contributed by atoms with Gasteiger partial charge in [-0.25, -0.2) is 4.79 Å². The van der Waals surface area contributed by atoms with Crippen molar-refractivity contribution in [2.45, 2.75) is 26.7 Å². The summed E-state index contributed by atoms with van der Waals surface area (Å²) < 4.78 is 0. The van der Waals surface area contributed by atoms with E-state index in [-0.39, 0.29) is 11.9 Å². The molecule has 0 unspecified atom stereocenters. The summed E-state index contributed by atoms with van der Waals surface area (Å²) in [6.07, 6.45) is 2.04. The van der Waals surface area contributed by atoms with Crippen LogP contribution < -0.4 is 5.32 Å². The van der Waals surface area contributed by atoms with E-state index in [2.05, 4.69) is 5.32 Å². The highest BCUT2D eigenvalue weighted by atomic mass is 35.5. The summed E-state index contributed by atoms with van der Waals surface area (Å²) in [7, 11) is 1.74. The number of hydrogen-bond donors (Lipinski definition) is 1. The summed E-state index contributed by atoms with van der Waals surface area (Å²) in [5, 5.41) is 3.32. The quantitative estimate of drug-likeness (QED) is 0.910. The van der Waals surface area contributed by atoms with Crippen molar-refractivity contribution in [2.75, 3.05) is 32.0 Å². The van der Waals surface area contributed by atoms with E-state index in [9.17, 15) is 9.59 Å². The number of halogens is 1. The molecule has 1 aliphatic rings. The highest BCUT2D eigenvalue weighted by Gasteiger charge is 2.23. The molecule has 0 aliphatic carbocycles. The van der Waals surface area contributed by atoms with E-state index in [1.807, 2.05) is 13.8 Å². The summed E-state index contributed by atoms with van der Waals surface area (Å²) in [6.45, 7) is 6.26. The van der Waals surface area contributed by atoms with E-state index < -0.39 is 0 Å². The molecule has 3 amide bonds. The Balaban J connectivity index is 2.18. The maximum Gasteiger partial charge on any atom is 0.321 e. The topological polar surface area (TPSA) is 52.7 Å². The molecule has 0 radical (unpaired) electrons. The molecule has 1 N–H and O–H groups in total. The molecule has 1 aromatic rings. The lowest BCUT2D eigenvalue weighted by Gasteiger charge is -2.22. The number of nitrogens with one attached hydrogen (secondary N) is 1. The molecule has 0 bridgehead atoms. The number of hydrogen-bond acceptors (Lipinski definition) is 2. The molecule has 5 nitrogen and oxygen atoms in total. The van der Waals surface area contributed by atoms with Gasteiger partial charge in [0.25, 0.3) is 5.91 Å². The number of rotatable bonds is 4. The smallest absolute Gasteiger partial charge is 0.321 e.